The summed E-state index contributed by atoms with van der Waals surface area (Å²) in [6, 6.07) is 2.32. The van der Waals surface area contributed by atoms with Crippen molar-refractivity contribution in [1.29, 1.82) is 0 Å². The fraction of sp³-hybridized carbons (Fsp3) is 0.647. The van der Waals surface area contributed by atoms with E-state index in [0.717, 1.165) is 26.2 Å². The fourth-order valence-corrected chi connectivity index (χ4v) is 3.52. The Bertz CT molecular complexity index is 442. The zero-order valence-corrected chi connectivity index (χ0v) is 13.4. The van der Waals surface area contributed by atoms with Crippen LogP contribution in [0.4, 0.5) is 0 Å². The first-order valence-corrected chi connectivity index (χ1v) is 7.39. The van der Waals surface area contributed by atoms with Gasteiger partial charge in [-0.3, -0.25) is 4.90 Å². The van der Waals surface area contributed by atoms with Gasteiger partial charge in [-0.2, -0.15) is 0 Å². The second-order valence-corrected chi connectivity index (χ2v) is 6.43. The molecule has 1 heterocycles. The van der Waals surface area contributed by atoms with Crippen LogP contribution in [0.1, 0.15) is 41.7 Å². The van der Waals surface area contributed by atoms with Crippen molar-refractivity contribution in [3.8, 4) is 0 Å². The van der Waals surface area contributed by atoms with Crippen LogP contribution < -0.4 is 5.32 Å². The van der Waals surface area contributed by atoms with Gasteiger partial charge in [0.2, 0.25) is 0 Å². The number of aryl methyl sites for hydroxylation is 2. The van der Waals surface area contributed by atoms with Crippen molar-refractivity contribution >= 4 is 0 Å². The van der Waals surface area contributed by atoms with Crippen LogP contribution >= 0.6 is 0 Å². The van der Waals surface area contributed by atoms with Crippen molar-refractivity contribution < 1.29 is 0 Å². The van der Waals surface area contributed by atoms with Crippen LogP contribution in [0.25, 0.3) is 0 Å². The molecule has 0 aromatic heterocycles. The minimum atomic E-state index is 0.118. The Hall–Kier alpha value is -0.860. The van der Waals surface area contributed by atoms with Crippen LogP contribution in [0.3, 0.4) is 0 Å². The van der Waals surface area contributed by atoms with Crippen molar-refractivity contribution in [2.75, 3.05) is 26.2 Å². The van der Waals surface area contributed by atoms with Gasteiger partial charge in [0, 0.05) is 31.7 Å². The van der Waals surface area contributed by atoms with E-state index in [2.05, 4.69) is 57.8 Å². The summed E-state index contributed by atoms with van der Waals surface area (Å²) in [6.07, 6.45) is 0. The van der Waals surface area contributed by atoms with Crippen molar-refractivity contribution in [3.63, 3.8) is 0 Å². The largest absolute Gasteiger partial charge is 0.314 e. The van der Waals surface area contributed by atoms with E-state index >= 15 is 0 Å². The molecule has 1 N–H and O–H groups in total. The molecule has 1 fully saturated rings. The highest BCUT2D eigenvalue weighted by Crippen LogP contribution is 2.35. The van der Waals surface area contributed by atoms with E-state index in [1.807, 2.05) is 0 Å². The van der Waals surface area contributed by atoms with Gasteiger partial charge >= 0.3 is 0 Å². The molecule has 0 aliphatic carbocycles. The Morgan fingerprint density at radius 1 is 0.947 bits per heavy atom. The normalized spacial score (nSPS) is 17.8. The molecule has 1 saturated heterocycles. The topological polar surface area (TPSA) is 15.3 Å². The molecular formula is C17H28N2. The van der Waals surface area contributed by atoms with E-state index < -0.39 is 0 Å². The fourth-order valence-electron chi connectivity index (χ4n) is 3.52. The second-order valence-electron chi connectivity index (χ2n) is 6.43. The third-order valence-corrected chi connectivity index (χ3v) is 4.89. The van der Waals surface area contributed by atoms with Crippen LogP contribution in [0.15, 0.2) is 6.07 Å². The third kappa shape index (κ3) is 2.56. The molecule has 0 amide bonds. The van der Waals surface area contributed by atoms with Gasteiger partial charge in [0.15, 0.2) is 0 Å². The third-order valence-electron chi connectivity index (χ3n) is 4.89. The molecule has 0 unspecified atom stereocenters. The molecule has 2 rings (SSSR count). The van der Waals surface area contributed by atoms with Gasteiger partial charge in [-0.15, -0.1) is 0 Å². The average Bonchev–Trinajstić information content (AvgIpc) is 2.37. The number of hydrogen-bond acceptors (Lipinski definition) is 2. The summed E-state index contributed by atoms with van der Waals surface area (Å²) in [5.41, 5.74) is 7.42. The van der Waals surface area contributed by atoms with Gasteiger partial charge in [0.05, 0.1) is 0 Å². The van der Waals surface area contributed by atoms with Gasteiger partial charge in [-0.05, 0) is 69.4 Å². The summed E-state index contributed by atoms with van der Waals surface area (Å²) in [7, 11) is 0. The Kier molecular flexibility index (Phi) is 4.03. The van der Waals surface area contributed by atoms with Crippen molar-refractivity contribution in [2.45, 2.75) is 47.1 Å². The predicted octanol–water partition coefficient (Wildman–Crippen LogP) is 3.06. The second kappa shape index (κ2) is 5.26. The van der Waals surface area contributed by atoms with Gasteiger partial charge < -0.3 is 5.32 Å². The molecular weight excluding hydrogens is 232 g/mol. The number of nitrogens with zero attached hydrogens (tertiary/aromatic N) is 1. The Balaban J connectivity index is 2.50. The van der Waals surface area contributed by atoms with E-state index in [1.54, 1.807) is 0 Å². The molecule has 1 aliphatic rings. The zero-order chi connectivity index (χ0) is 14.2. The van der Waals surface area contributed by atoms with Gasteiger partial charge in [0.25, 0.3) is 0 Å². The summed E-state index contributed by atoms with van der Waals surface area (Å²) in [5.74, 6) is 0. The lowest BCUT2D eigenvalue weighted by molar-refractivity contribution is 0.101. The Morgan fingerprint density at radius 3 is 1.89 bits per heavy atom. The number of piperazine rings is 1. The number of nitrogens with one attached hydrogen (secondary N) is 1. The lowest BCUT2D eigenvalue weighted by Crippen LogP contribution is -2.52. The first-order valence-electron chi connectivity index (χ1n) is 7.39. The number of benzene rings is 1. The standard InChI is InChI=1S/C17H28N2/c1-12-11-13(2)15(4)16(14(12)3)17(5,6)19-9-7-18-8-10-19/h11,18H,7-10H2,1-6H3. The molecule has 0 bridgehead atoms. The maximum absolute atomic E-state index is 3.45. The summed E-state index contributed by atoms with van der Waals surface area (Å²) >= 11 is 0. The maximum Gasteiger partial charge on any atom is 0.0410 e. The van der Waals surface area contributed by atoms with Crippen LogP contribution in [0.5, 0.6) is 0 Å². The molecule has 106 valence electrons. The van der Waals surface area contributed by atoms with E-state index in [0.29, 0.717) is 0 Å². The lowest BCUT2D eigenvalue weighted by Gasteiger charge is -2.43. The van der Waals surface area contributed by atoms with Crippen molar-refractivity contribution in [1.82, 2.24) is 10.2 Å². The summed E-state index contributed by atoms with van der Waals surface area (Å²) in [6.45, 7) is 18.3. The summed E-state index contributed by atoms with van der Waals surface area (Å²) in [4.78, 5) is 2.62. The maximum atomic E-state index is 3.45. The van der Waals surface area contributed by atoms with Crippen LogP contribution in [0, 0.1) is 27.7 Å². The number of rotatable bonds is 2. The molecule has 2 heteroatoms. The molecule has 2 nitrogen and oxygen atoms in total. The molecule has 19 heavy (non-hydrogen) atoms. The first-order chi connectivity index (χ1) is 8.85. The molecule has 1 aromatic rings. The molecule has 0 radical (unpaired) electrons. The van der Waals surface area contributed by atoms with E-state index in [9.17, 15) is 0 Å². The monoisotopic (exact) mass is 260 g/mol. The summed E-state index contributed by atoms with van der Waals surface area (Å²) in [5, 5.41) is 3.45. The average molecular weight is 260 g/mol. The predicted molar refractivity (Wildman–Crippen MR) is 82.9 cm³/mol. The quantitative estimate of drug-likeness (QED) is 0.879. The van der Waals surface area contributed by atoms with Crippen molar-refractivity contribution in [2.24, 2.45) is 0 Å². The molecule has 0 saturated carbocycles. The van der Waals surface area contributed by atoms with Crippen LogP contribution in [0.2, 0.25) is 0 Å². The molecule has 0 atom stereocenters. The van der Waals surface area contributed by atoms with E-state index in [4.69, 9.17) is 0 Å². The molecule has 1 aromatic carbocycles. The first kappa shape index (κ1) is 14.5. The highest BCUT2D eigenvalue weighted by Gasteiger charge is 2.32. The highest BCUT2D eigenvalue weighted by molar-refractivity contribution is 5.47. The minimum absolute atomic E-state index is 0.118. The Labute approximate surface area is 118 Å². The lowest BCUT2D eigenvalue weighted by atomic mass is 9.81. The van der Waals surface area contributed by atoms with Crippen molar-refractivity contribution in [3.05, 3.63) is 33.9 Å². The summed E-state index contributed by atoms with van der Waals surface area (Å²) < 4.78 is 0. The van der Waals surface area contributed by atoms with E-state index in [1.165, 1.54) is 27.8 Å². The SMILES string of the molecule is Cc1cc(C)c(C)c(C(C)(C)N2CCNCC2)c1C. The molecule has 0 spiro atoms. The minimum Gasteiger partial charge on any atom is -0.314 e. The van der Waals surface area contributed by atoms with Crippen LogP contribution in [-0.4, -0.2) is 31.1 Å². The number of hydrogen-bond donors (Lipinski definition) is 1. The zero-order valence-electron chi connectivity index (χ0n) is 13.4. The Morgan fingerprint density at radius 2 is 1.42 bits per heavy atom. The van der Waals surface area contributed by atoms with Gasteiger partial charge in [-0.25, -0.2) is 0 Å². The van der Waals surface area contributed by atoms with Gasteiger partial charge in [0.1, 0.15) is 0 Å². The molecule has 1 aliphatic heterocycles. The van der Waals surface area contributed by atoms with E-state index in [-0.39, 0.29) is 5.54 Å². The highest BCUT2D eigenvalue weighted by atomic mass is 15.2. The van der Waals surface area contributed by atoms with Crippen LogP contribution in [-0.2, 0) is 5.54 Å². The smallest absolute Gasteiger partial charge is 0.0410 e. The van der Waals surface area contributed by atoms with Gasteiger partial charge in [-0.1, -0.05) is 6.07 Å².